The predicted octanol–water partition coefficient (Wildman–Crippen LogP) is 2.56. The van der Waals surface area contributed by atoms with E-state index >= 15 is 0 Å². The lowest BCUT2D eigenvalue weighted by Crippen LogP contribution is -2.57. The van der Waals surface area contributed by atoms with Crippen molar-refractivity contribution in [3.8, 4) is 0 Å². The van der Waals surface area contributed by atoms with Crippen molar-refractivity contribution in [1.82, 2.24) is 9.80 Å². The fourth-order valence-electron chi connectivity index (χ4n) is 4.86. The molecule has 1 heterocycles. The van der Waals surface area contributed by atoms with Gasteiger partial charge in [-0.3, -0.25) is 14.5 Å². The largest absolute Gasteiger partial charge is 0.489 e. The van der Waals surface area contributed by atoms with Crippen molar-refractivity contribution in [3.63, 3.8) is 0 Å². The Hall–Kier alpha value is -2.88. The number of hydrogen-bond acceptors (Lipinski definition) is 5. The molecule has 2 fully saturated rings. The predicted molar refractivity (Wildman–Crippen MR) is 121 cm³/mol. The Morgan fingerprint density at radius 1 is 1.06 bits per heavy atom. The van der Waals surface area contributed by atoms with Gasteiger partial charge in [0.2, 0.25) is 0 Å². The minimum absolute atomic E-state index is 0.0320. The van der Waals surface area contributed by atoms with Crippen molar-refractivity contribution >= 4 is 11.7 Å². The van der Waals surface area contributed by atoms with Gasteiger partial charge >= 0.3 is 0 Å². The number of ketones is 1. The van der Waals surface area contributed by atoms with Crippen molar-refractivity contribution in [3.05, 3.63) is 70.8 Å². The Morgan fingerprint density at radius 2 is 1.75 bits per heavy atom. The van der Waals surface area contributed by atoms with Gasteiger partial charge in [0.25, 0.3) is 5.91 Å². The highest BCUT2D eigenvalue weighted by Crippen LogP contribution is 2.42. The number of ether oxygens (including phenoxy) is 1. The van der Waals surface area contributed by atoms with Crippen LogP contribution >= 0.6 is 0 Å². The molecule has 1 aliphatic heterocycles. The van der Waals surface area contributed by atoms with Gasteiger partial charge in [-0.15, -0.1) is 0 Å². The van der Waals surface area contributed by atoms with Crippen molar-refractivity contribution < 1.29 is 19.4 Å². The van der Waals surface area contributed by atoms with Gasteiger partial charge in [0, 0.05) is 32.1 Å². The van der Waals surface area contributed by atoms with Crippen LogP contribution in [0.3, 0.4) is 0 Å². The van der Waals surface area contributed by atoms with Gasteiger partial charge in [0.15, 0.2) is 17.1 Å². The molecule has 32 heavy (non-hydrogen) atoms. The van der Waals surface area contributed by atoms with E-state index < -0.39 is 5.60 Å². The van der Waals surface area contributed by atoms with E-state index in [1.165, 1.54) is 0 Å². The van der Waals surface area contributed by atoms with E-state index in [0.29, 0.717) is 43.1 Å². The molecule has 1 aromatic rings. The minimum Gasteiger partial charge on any atom is -0.489 e. The van der Waals surface area contributed by atoms with Crippen LogP contribution in [-0.2, 0) is 19.9 Å². The molecule has 6 heteroatoms. The quantitative estimate of drug-likeness (QED) is 0.668. The van der Waals surface area contributed by atoms with Crippen LogP contribution in [0, 0.1) is 5.92 Å². The first kappa shape index (κ1) is 22.3. The fraction of sp³-hybridized carbons (Fsp3) is 0.462. The molecule has 1 amide bonds. The molecule has 1 atom stereocenters. The summed E-state index contributed by atoms with van der Waals surface area (Å²) < 4.78 is 5.06. The van der Waals surface area contributed by atoms with Gasteiger partial charge in [-0.2, -0.15) is 0 Å². The van der Waals surface area contributed by atoms with Crippen molar-refractivity contribution in [2.75, 3.05) is 39.8 Å². The molecule has 6 nitrogen and oxygen atoms in total. The number of allylic oxidation sites excluding steroid dienone is 2. The van der Waals surface area contributed by atoms with Crippen LogP contribution in [0.5, 0.6) is 0 Å². The standard InChI is InChI=1S/C26H30N2O4/c1-32-23-13-11-20(12-14-23)24(29)19-27-15-17-28(18-16-27)25(30)26(31,22-9-5-6-10-22)21-7-3-2-4-8-21/h2-4,7-8,11,13,22,31H,5-6,9-10,15-19H2,1H3. The highest BCUT2D eigenvalue weighted by atomic mass is 16.5. The van der Waals surface area contributed by atoms with Crippen molar-refractivity contribution in [2.24, 2.45) is 5.92 Å². The van der Waals surface area contributed by atoms with Crippen LogP contribution in [0.2, 0.25) is 0 Å². The third kappa shape index (κ3) is 4.50. The zero-order valence-corrected chi connectivity index (χ0v) is 18.5. The molecule has 3 aliphatic rings. The van der Waals surface area contributed by atoms with E-state index in [0.717, 1.165) is 25.7 Å². The second kappa shape index (κ2) is 9.72. The Kier molecular flexibility index (Phi) is 6.78. The number of carbonyl (C=O) groups is 2. The second-order valence-electron chi connectivity index (χ2n) is 8.67. The highest BCUT2D eigenvalue weighted by Gasteiger charge is 2.48. The molecular weight excluding hydrogens is 404 g/mol. The first-order valence-electron chi connectivity index (χ1n) is 11.3. The number of aliphatic hydroxyl groups is 1. The summed E-state index contributed by atoms with van der Waals surface area (Å²) in [7, 11) is 1.55. The number of Topliss-reactive ketones (excluding diaryl/α,β-unsaturated/α-hetero) is 1. The zero-order chi connectivity index (χ0) is 22.6. The number of piperazine rings is 1. The summed E-state index contributed by atoms with van der Waals surface area (Å²) in [6.45, 7) is 2.43. The molecule has 0 radical (unpaired) electrons. The zero-order valence-electron chi connectivity index (χ0n) is 18.5. The fourth-order valence-corrected chi connectivity index (χ4v) is 4.86. The molecular formula is C26H30N2O4. The molecule has 1 unspecified atom stereocenters. The lowest BCUT2D eigenvalue weighted by atomic mass is 9.79. The van der Waals surface area contributed by atoms with Crippen LogP contribution in [-0.4, -0.2) is 66.4 Å². The number of amides is 1. The maximum absolute atomic E-state index is 13.6. The van der Waals surface area contributed by atoms with Gasteiger partial charge in [-0.05, 0) is 36.3 Å². The van der Waals surface area contributed by atoms with Crippen LogP contribution in [0.1, 0.15) is 31.2 Å². The van der Waals surface area contributed by atoms with E-state index in [1.54, 1.807) is 24.2 Å². The summed E-state index contributed by atoms with van der Waals surface area (Å²) in [5.41, 5.74) is 5.34. The van der Waals surface area contributed by atoms with E-state index in [9.17, 15) is 14.7 Å². The van der Waals surface area contributed by atoms with E-state index in [1.807, 2.05) is 35.2 Å². The van der Waals surface area contributed by atoms with E-state index in [-0.39, 0.29) is 24.2 Å². The Bertz CT molecular complexity index is 988. The normalized spacial score (nSPS) is 21.1. The average Bonchev–Trinajstić information content (AvgIpc) is 3.40. The number of rotatable bonds is 7. The lowest BCUT2D eigenvalue weighted by Gasteiger charge is -2.41. The molecule has 2 aliphatic carbocycles. The minimum atomic E-state index is -1.48. The summed E-state index contributed by atoms with van der Waals surface area (Å²) in [6, 6.07) is 9.36. The molecule has 1 N–H and O–H groups in total. The van der Waals surface area contributed by atoms with Crippen LogP contribution in [0.25, 0.3) is 0 Å². The van der Waals surface area contributed by atoms with Crippen molar-refractivity contribution in [1.29, 1.82) is 0 Å². The van der Waals surface area contributed by atoms with E-state index in [2.05, 4.69) is 11.5 Å². The Labute approximate surface area is 189 Å². The molecule has 0 bridgehead atoms. The lowest BCUT2D eigenvalue weighted by molar-refractivity contribution is -0.161. The maximum atomic E-state index is 13.6. The van der Waals surface area contributed by atoms with Crippen molar-refractivity contribution in [2.45, 2.75) is 31.3 Å². The molecule has 1 saturated heterocycles. The van der Waals surface area contributed by atoms with Gasteiger partial charge in [0.1, 0.15) is 0 Å². The van der Waals surface area contributed by atoms with Crippen LogP contribution in [0.15, 0.2) is 65.3 Å². The molecule has 1 aromatic carbocycles. The number of nitrogens with zero attached hydrogens (tertiary/aromatic N) is 2. The molecule has 1 saturated carbocycles. The van der Waals surface area contributed by atoms with Crippen LogP contribution < -0.4 is 0 Å². The number of methoxy groups -OCH3 is 1. The average molecular weight is 435 g/mol. The monoisotopic (exact) mass is 434 g/mol. The number of hydrogen-bond donors (Lipinski definition) is 1. The van der Waals surface area contributed by atoms with E-state index in [4.69, 9.17) is 4.74 Å². The summed E-state index contributed by atoms with van der Waals surface area (Å²) >= 11 is 0. The summed E-state index contributed by atoms with van der Waals surface area (Å²) in [4.78, 5) is 30.0. The molecule has 0 spiro atoms. The Morgan fingerprint density at radius 3 is 2.34 bits per heavy atom. The first-order chi connectivity index (χ1) is 15.5. The third-order valence-corrected chi connectivity index (χ3v) is 6.75. The third-order valence-electron chi connectivity index (χ3n) is 6.75. The molecule has 4 rings (SSSR count). The summed E-state index contributed by atoms with van der Waals surface area (Å²) in [5, 5.41) is 11.7. The van der Waals surface area contributed by atoms with Gasteiger partial charge in [-0.1, -0.05) is 48.9 Å². The smallest absolute Gasteiger partial charge is 0.259 e. The summed E-state index contributed by atoms with van der Waals surface area (Å²) in [6.07, 6.45) is 7.21. The number of carbonyl (C=O) groups excluding carboxylic acids is 2. The molecule has 168 valence electrons. The highest BCUT2D eigenvalue weighted by molar-refractivity contribution is 5.99. The van der Waals surface area contributed by atoms with Gasteiger partial charge < -0.3 is 14.7 Å². The van der Waals surface area contributed by atoms with Crippen LogP contribution in [0.4, 0.5) is 0 Å². The molecule has 0 aromatic heterocycles. The SMILES string of the molecule is COC1=C=C=C(C(=O)CN2CCN(C(=O)C(O)(c3ccccc3)C3CCCC3)CC2)C=C1. The van der Waals surface area contributed by atoms with Gasteiger partial charge in [-0.25, -0.2) is 0 Å². The maximum Gasteiger partial charge on any atom is 0.259 e. The summed E-state index contributed by atoms with van der Waals surface area (Å²) in [5.74, 6) is 0.246. The topological polar surface area (TPSA) is 70.1 Å². The number of benzene rings is 1. The Balaban J connectivity index is 1.41. The second-order valence-corrected chi connectivity index (χ2v) is 8.67. The first-order valence-corrected chi connectivity index (χ1v) is 11.3. The van der Waals surface area contributed by atoms with Gasteiger partial charge in [0.05, 0.1) is 19.2 Å².